The van der Waals surface area contributed by atoms with Crippen LogP contribution < -0.4 is 11.1 Å². The van der Waals surface area contributed by atoms with E-state index >= 15 is 0 Å². The number of methoxy groups -OCH3 is 1. The maximum Gasteiger partial charge on any atom is 0.254 e. The Morgan fingerprint density at radius 2 is 2.13 bits per heavy atom. The van der Waals surface area contributed by atoms with Gasteiger partial charge in [0.05, 0.1) is 0 Å². The summed E-state index contributed by atoms with van der Waals surface area (Å²) < 4.78 is 4.89. The minimum atomic E-state index is -0.624. The summed E-state index contributed by atoms with van der Waals surface area (Å²) in [6.45, 7) is 0.149. The highest BCUT2D eigenvalue weighted by Gasteiger charge is 2.15. The molecule has 1 atom stereocenters. The molecule has 0 heterocycles. The fourth-order valence-corrected chi connectivity index (χ4v) is 1.19. The number of hydrogen-bond donors (Lipinski definition) is 2. The van der Waals surface area contributed by atoms with Crippen LogP contribution in [0.4, 0.5) is 5.69 Å². The standard InChI is InChI=1S/C10H13ClN2O2/c1-15-9(6-12)10(14)13-8-4-2-7(11)3-5-8/h2-5,9H,6,12H2,1H3,(H,13,14). The zero-order valence-corrected chi connectivity index (χ0v) is 9.12. The highest BCUT2D eigenvalue weighted by molar-refractivity contribution is 6.30. The molecule has 5 heteroatoms. The van der Waals surface area contributed by atoms with E-state index in [0.29, 0.717) is 10.7 Å². The molecule has 0 aliphatic heterocycles. The molecule has 1 aromatic carbocycles. The van der Waals surface area contributed by atoms with Gasteiger partial charge in [-0.1, -0.05) is 11.6 Å². The van der Waals surface area contributed by atoms with Crippen LogP contribution in [-0.2, 0) is 9.53 Å². The molecule has 3 N–H and O–H groups in total. The number of anilines is 1. The molecule has 0 spiro atoms. The number of benzene rings is 1. The van der Waals surface area contributed by atoms with Gasteiger partial charge in [-0.3, -0.25) is 4.79 Å². The third kappa shape index (κ3) is 3.51. The Labute approximate surface area is 93.4 Å². The van der Waals surface area contributed by atoms with Gasteiger partial charge in [0.1, 0.15) is 6.10 Å². The molecule has 0 aromatic heterocycles. The molecule has 82 valence electrons. The number of nitrogens with one attached hydrogen (secondary N) is 1. The molecule has 15 heavy (non-hydrogen) atoms. The van der Waals surface area contributed by atoms with Crippen molar-refractivity contribution in [3.05, 3.63) is 29.3 Å². The van der Waals surface area contributed by atoms with Crippen LogP contribution in [0.2, 0.25) is 5.02 Å². The van der Waals surface area contributed by atoms with Gasteiger partial charge >= 0.3 is 0 Å². The van der Waals surface area contributed by atoms with Crippen molar-refractivity contribution in [1.29, 1.82) is 0 Å². The minimum absolute atomic E-state index is 0.149. The van der Waals surface area contributed by atoms with Crippen molar-refractivity contribution < 1.29 is 9.53 Å². The number of ether oxygens (including phenoxy) is 1. The van der Waals surface area contributed by atoms with E-state index in [0.717, 1.165) is 0 Å². The summed E-state index contributed by atoms with van der Waals surface area (Å²) in [5.74, 6) is -0.262. The lowest BCUT2D eigenvalue weighted by molar-refractivity contribution is -0.125. The molecule has 0 saturated carbocycles. The molecule has 0 aliphatic rings. The summed E-state index contributed by atoms with van der Waals surface area (Å²) in [5.41, 5.74) is 6.02. The van der Waals surface area contributed by atoms with E-state index in [9.17, 15) is 4.79 Å². The molecule has 0 aliphatic carbocycles. The fraction of sp³-hybridized carbons (Fsp3) is 0.300. The first-order valence-corrected chi connectivity index (χ1v) is 4.84. The molecule has 1 amide bonds. The quantitative estimate of drug-likeness (QED) is 0.815. The van der Waals surface area contributed by atoms with Gasteiger partial charge < -0.3 is 15.8 Å². The molecule has 4 nitrogen and oxygen atoms in total. The molecular weight excluding hydrogens is 216 g/mol. The van der Waals surface area contributed by atoms with Crippen molar-refractivity contribution in [3.8, 4) is 0 Å². The van der Waals surface area contributed by atoms with E-state index in [2.05, 4.69) is 5.32 Å². The van der Waals surface area contributed by atoms with Crippen LogP contribution in [0.15, 0.2) is 24.3 Å². The highest BCUT2D eigenvalue weighted by atomic mass is 35.5. The lowest BCUT2D eigenvalue weighted by Gasteiger charge is -2.12. The summed E-state index contributed by atoms with van der Waals surface area (Å²) in [5, 5.41) is 3.29. The average Bonchev–Trinajstić information content (AvgIpc) is 2.23. The van der Waals surface area contributed by atoms with Gasteiger partial charge in [0.2, 0.25) is 0 Å². The van der Waals surface area contributed by atoms with E-state index in [4.69, 9.17) is 22.1 Å². The number of halogens is 1. The van der Waals surface area contributed by atoms with Crippen molar-refractivity contribution in [3.63, 3.8) is 0 Å². The number of rotatable bonds is 4. The number of carbonyl (C=O) groups is 1. The molecule has 0 saturated heterocycles. The predicted molar refractivity (Wildman–Crippen MR) is 59.9 cm³/mol. The summed E-state index contributed by atoms with van der Waals surface area (Å²) >= 11 is 5.71. The number of hydrogen-bond acceptors (Lipinski definition) is 3. The van der Waals surface area contributed by atoms with Crippen LogP contribution in [0, 0.1) is 0 Å². The summed E-state index contributed by atoms with van der Waals surface area (Å²) in [6.07, 6.45) is -0.624. The maximum absolute atomic E-state index is 11.5. The van der Waals surface area contributed by atoms with Crippen molar-refractivity contribution in [2.75, 3.05) is 19.0 Å². The molecule has 0 radical (unpaired) electrons. The lowest BCUT2D eigenvalue weighted by Crippen LogP contribution is -2.35. The first kappa shape index (κ1) is 12.0. The number of amides is 1. The molecule has 1 unspecified atom stereocenters. The zero-order valence-electron chi connectivity index (χ0n) is 8.37. The van der Waals surface area contributed by atoms with Crippen molar-refractivity contribution in [2.24, 2.45) is 5.73 Å². The van der Waals surface area contributed by atoms with E-state index < -0.39 is 6.10 Å². The first-order chi connectivity index (χ1) is 7.17. The van der Waals surface area contributed by atoms with Gasteiger partial charge in [0.15, 0.2) is 0 Å². The predicted octanol–water partition coefficient (Wildman–Crippen LogP) is 1.25. The van der Waals surface area contributed by atoms with Gasteiger partial charge in [-0.25, -0.2) is 0 Å². The summed E-state index contributed by atoms with van der Waals surface area (Å²) in [6, 6.07) is 6.82. The van der Waals surface area contributed by atoms with E-state index in [1.54, 1.807) is 24.3 Å². The summed E-state index contributed by atoms with van der Waals surface area (Å²) in [4.78, 5) is 11.5. The third-order valence-electron chi connectivity index (χ3n) is 1.90. The number of carbonyl (C=O) groups excluding carboxylic acids is 1. The van der Waals surface area contributed by atoms with Crippen molar-refractivity contribution in [2.45, 2.75) is 6.10 Å². The smallest absolute Gasteiger partial charge is 0.254 e. The van der Waals surface area contributed by atoms with Crippen LogP contribution in [-0.4, -0.2) is 25.7 Å². The third-order valence-corrected chi connectivity index (χ3v) is 2.15. The van der Waals surface area contributed by atoms with Gasteiger partial charge in [-0.05, 0) is 24.3 Å². The maximum atomic E-state index is 11.5. The Hall–Kier alpha value is -1.10. The zero-order chi connectivity index (χ0) is 11.3. The molecular formula is C10H13ClN2O2. The van der Waals surface area contributed by atoms with Gasteiger partial charge in [0.25, 0.3) is 5.91 Å². The van der Waals surface area contributed by atoms with E-state index in [-0.39, 0.29) is 12.5 Å². The van der Waals surface area contributed by atoms with E-state index in [1.165, 1.54) is 7.11 Å². The molecule has 1 aromatic rings. The van der Waals surface area contributed by atoms with Gasteiger partial charge in [-0.15, -0.1) is 0 Å². The lowest BCUT2D eigenvalue weighted by atomic mass is 10.3. The normalized spacial score (nSPS) is 12.2. The Balaban J connectivity index is 2.61. The Kier molecular flexibility index (Phi) is 4.55. The van der Waals surface area contributed by atoms with Gasteiger partial charge in [0, 0.05) is 24.4 Å². The van der Waals surface area contributed by atoms with Crippen LogP contribution in [0.1, 0.15) is 0 Å². The second-order valence-electron chi connectivity index (χ2n) is 2.96. The first-order valence-electron chi connectivity index (χ1n) is 4.46. The Bertz CT molecular complexity index is 323. The van der Waals surface area contributed by atoms with Crippen LogP contribution in [0.25, 0.3) is 0 Å². The van der Waals surface area contributed by atoms with Gasteiger partial charge in [-0.2, -0.15) is 0 Å². The molecule has 1 rings (SSSR count). The van der Waals surface area contributed by atoms with Crippen LogP contribution >= 0.6 is 11.6 Å². The second-order valence-corrected chi connectivity index (χ2v) is 3.39. The van der Waals surface area contributed by atoms with E-state index in [1.807, 2.05) is 0 Å². The Morgan fingerprint density at radius 1 is 1.53 bits per heavy atom. The molecule has 0 fully saturated rings. The monoisotopic (exact) mass is 228 g/mol. The Morgan fingerprint density at radius 3 is 2.60 bits per heavy atom. The van der Waals surface area contributed by atoms with Crippen molar-refractivity contribution in [1.82, 2.24) is 0 Å². The second kappa shape index (κ2) is 5.70. The van der Waals surface area contributed by atoms with Crippen LogP contribution in [0.3, 0.4) is 0 Å². The topological polar surface area (TPSA) is 64.3 Å². The SMILES string of the molecule is COC(CN)C(=O)Nc1ccc(Cl)cc1. The molecule has 0 bridgehead atoms. The van der Waals surface area contributed by atoms with Crippen LogP contribution in [0.5, 0.6) is 0 Å². The average molecular weight is 229 g/mol. The number of nitrogens with two attached hydrogens (primary N) is 1. The minimum Gasteiger partial charge on any atom is -0.370 e. The van der Waals surface area contributed by atoms with Crippen molar-refractivity contribution >= 4 is 23.2 Å². The summed E-state index contributed by atoms with van der Waals surface area (Å²) in [7, 11) is 1.44. The fourth-order valence-electron chi connectivity index (χ4n) is 1.07. The highest BCUT2D eigenvalue weighted by Crippen LogP contribution is 2.13. The largest absolute Gasteiger partial charge is 0.370 e.